The fourth-order valence-corrected chi connectivity index (χ4v) is 2.08. The number of halogens is 1. The van der Waals surface area contributed by atoms with Crippen LogP contribution in [0.25, 0.3) is 0 Å². The normalized spacial score (nSPS) is 10.1. The summed E-state index contributed by atoms with van der Waals surface area (Å²) in [7, 11) is 0. The molecule has 4 heteroatoms. The Morgan fingerprint density at radius 3 is 2.59 bits per heavy atom. The van der Waals surface area contributed by atoms with Gasteiger partial charge < -0.3 is 4.74 Å². The molecule has 0 heterocycles. The van der Waals surface area contributed by atoms with Gasteiger partial charge in [0.05, 0.1) is 12.2 Å². The molecule has 0 aliphatic carbocycles. The summed E-state index contributed by atoms with van der Waals surface area (Å²) in [5, 5.41) is 0. The van der Waals surface area contributed by atoms with E-state index in [1.54, 1.807) is 25.1 Å². The Morgan fingerprint density at radius 1 is 1.29 bits per heavy atom. The number of ketones is 1. The summed E-state index contributed by atoms with van der Waals surface area (Å²) >= 11 is 2.10. The largest absolute Gasteiger partial charge is 0.462 e. The Labute approximate surface area is 115 Å². The Morgan fingerprint density at radius 2 is 2.00 bits per heavy atom. The molecular formula is C13H15IO3. The zero-order chi connectivity index (χ0) is 12.8. The van der Waals surface area contributed by atoms with Gasteiger partial charge in [0.15, 0.2) is 5.78 Å². The van der Waals surface area contributed by atoms with Gasteiger partial charge in [-0.2, -0.15) is 0 Å². The maximum atomic E-state index is 11.8. The standard InChI is InChI=1S/C13H15IO3/c1-3-5-12(15)10-8-9(6-7-11(10)14)13(16)17-4-2/h6-8H,3-5H2,1-2H3. The van der Waals surface area contributed by atoms with Crippen molar-refractivity contribution < 1.29 is 14.3 Å². The Balaban J connectivity index is 3.02. The van der Waals surface area contributed by atoms with E-state index in [9.17, 15) is 9.59 Å². The zero-order valence-electron chi connectivity index (χ0n) is 9.96. The van der Waals surface area contributed by atoms with Gasteiger partial charge in [0.1, 0.15) is 0 Å². The fourth-order valence-electron chi connectivity index (χ4n) is 1.44. The molecule has 0 atom stereocenters. The minimum atomic E-state index is -0.380. The van der Waals surface area contributed by atoms with Crippen molar-refractivity contribution in [3.05, 3.63) is 32.9 Å². The summed E-state index contributed by atoms with van der Waals surface area (Å²) in [4.78, 5) is 23.4. The highest BCUT2D eigenvalue weighted by atomic mass is 127. The average molecular weight is 346 g/mol. The zero-order valence-corrected chi connectivity index (χ0v) is 12.1. The van der Waals surface area contributed by atoms with Gasteiger partial charge in [-0.05, 0) is 54.1 Å². The molecule has 0 aromatic heterocycles. The molecule has 0 bridgehead atoms. The van der Waals surface area contributed by atoms with Crippen molar-refractivity contribution in [2.45, 2.75) is 26.7 Å². The molecule has 0 saturated carbocycles. The van der Waals surface area contributed by atoms with Crippen LogP contribution in [0.15, 0.2) is 18.2 Å². The van der Waals surface area contributed by atoms with Crippen molar-refractivity contribution in [1.29, 1.82) is 0 Å². The number of carbonyl (C=O) groups is 2. The van der Waals surface area contributed by atoms with E-state index >= 15 is 0 Å². The monoisotopic (exact) mass is 346 g/mol. The minimum absolute atomic E-state index is 0.0723. The van der Waals surface area contributed by atoms with Crippen LogP contribution < -0.4 is 0 Å². The summed E-state index contributed by atoms with van der Waals surface area (Å²) in [5.74, 6) is -0.308. The molecule has 0 unspecified atom stereocenters. The maximum Gasteiger partial charge on any atom is 0.338 e. The number of benzene rings is 1. The fraction of sp³-hybridized carbons (Fsp3) is 0.385. The van der Waals surface area contributed by atoms with Crippen LogP contribution >= 0.6 is 22.6 Å². The molecule has 17 heavy (non-hydrogen) atoms. The lowest BCUT2D eigenvalue weighted by molar-refractivity contribution is 0.0526. The van der Waals surface area contributed by atoms with Crippen LogP contribution in [-0.4, -0.2) is 18.4 Å². The lowest BCUT2D eigenvalue weighted by atomic mass is 10.0. The van der Waals surface area contributed by atoms with Gasteiger partial charge in [0.25, 0.3) is 0 Å². The second-order valence-electron chi connectivity index (χ2n) is 3.59. The number of hydrogen-bond donors (Lipinski definition) is 0. The SMILES string of the molecule is CCCC(=O)c1cc(C(=O)OCC)ccc1I. The first-order chi connectivity index (χ1) is 8.10. The summed E-state index contributed by atoms with van der Waals surface area (Å²) in [5.41, 5.74) is 1.05. The molecule has 0 amide bonds. The molecule has 0 fully saturated rings. The van der Waals surface area contributed by atoms with E-state index in [-0.39, 0.29) is 11.8 Å². The molecule has 1 rings (SSSR count). The smallest absolute Gasteiger partial charge is 0.338 e. The summed E-state index contributed by atoms with van der Waals surface area (Å²) < 4.78 is 5.78. The molecule has 0 radical (unpaired) electrons. The van der Waals surface area contributed by atoms with Gasteiger partial charge in [-0.15, -0.1) is 0 Å². The van der Waals surface area contributed by atoms with Crippen LogP contribution in [0.1, 0.15) is 47.4 Å². The third kappa shape index (κ3) is 3.80. The van der Waals surface area contributed by atoms with Crippen molar-refractivity contribution in [2.75, 3.05) is 6.61 Å². The highest BCUT2D eigenvalue weighted by molar-refractivity contribution is 14.1. The van der Waals surface area contributed by atoms with Gasteiger partial charge >= 0.3 is 5.97 Å². The average Bonchev–Trinajstić information content (AvgIpc) is 2.30. The molecule has 0 spiro atoms. The van der Waals surface area contributed by atoms with Crippen LogP contribution in [-0.2, 0) is 4.74 Å². The van der Waals surface area contributed by atoms with Crippen molar-refractivity contribution in [3.8, 4) is 0 Å². The van der Waals surface area contributed by atoms with Gasteiger partial charge in [-0.3, -0.25) is 4.79 Å². The molecular weight excluding hydrogens is 331 g/mol. The predicted octanol–water partition coefficient (Wildman–Crippen LogP) is 3.45. The second-order valence-corrected chi connectivity index (χ2v) is 4.75. The molecule has 1 aromatic carbocycles. The Kier molecular flexibility index (Phi) is 5.61. The van der Waals surface area contributed by atoms with E-state index in [1.165, 1.54) is 0 Å². The topological polar surface area (TPSA) is 43.4 Å². The van der Waals surface area contributed by atoms with E-state index < -0.39 is 0 Å². The number of esters is 1. The van der Waals surface area contributed by atoms with Crippen molar-refractivity contribution in [2.24, 2.45) is 0 Å². The third-order valence-electron chi connectivity index (χ3n) is 2.25. The second kappa shape index (κ2) is 6.74. The Bertz CT molecular complexity index is 427. The van der Waals surface area contributed by atoms with Gasteiger partial charge in [0, 0.05) is 15.6 Å². The van der Waals surface area contributed by atoms with Crippen molar-refractivity contribution in [3.63, 3.8) is 0 Å². The van der Waals surface area contributed by atoms with Crippen LogP contribution in [0.5, 0.6) is 0 Å². The quantitative estimate of drug-likeness (QED) is 0.466. The summed E-state index contributed by atoms with van der Waals surface area (Å²) in [6.45, 7) is 4.05. The highest BCUT2D eigenvalue weighted by Gasteiger charge is 2.13. The van der Waals surface area contributed by atoms with Gasteiger partial charge in [0.2, 0.25) is 0 Å². The number of rotatable bonds is 5. The summed E-state index contributed by atoms with van der Waals surface area (Å²) in [6.07, 6.45) is 1.31. The molecule has 3 nitrogen and oxygen atoms in total. The first-order valence-electron chi connectivity index (χ1n) is 5.60. The van der Waals surface area contributed by atoms with Crippen LogP contribution in [0.4, 0.5) is 0 Å². The lowest BCUT2D eigenvalue weighted by Gasteiger charge is -2.06. The van der Waals surface area contributed by atoms with Gasteiger partial charge in [-0.25, -0.2) is 4.79 Å². The maximum absolute atomic E-state index is 11.8. The van der Waals surface area contributed by atoms with E-state index in [2.05, 4.69) is 22.6 Å². The summed E-state index contributed by atoms with van der Waals surface area (Å²) in [6, 6.07) is 5.08. The van der Waals surface area contributed by atoms with Crippen molar-refractivity contribution in [1.82, 2.24) is 0 Å². The van der Waals surface area contributed by atoms with E-state index in [0.29, 0.717) is 24.2 Å². The highest BCUT2D eigenvalue weighted by Crippen LogP contribution is 2.17. The Hall–Kier alpha value is -0.910. The third-order valence-corrected chi connectivity index (χ3v) is 3.20. The number of Topliss-reactive ketones (excluding diaryl/α,β-unsaturated/α-hetero) is 1. The molecule has 1 aromatic rings. The molecule has 0 aliphatic rings. The van der Waals surface area contributed by atoms with E-state index in [1.807, 2.05) is 6.92 Å². The van der Waals surface area contributed by atoms with E-state index in [0.717, 1.165) is 9.99 Å². The molecule has 0 saturated heterocycles. The first kappa shape index (κ1) is 14.2. The molecule has 0 aliphatic heterocycles. The number of carbonyl (C=O) groups excluding carboxylic acids is 2. The van der Waals surface area contributed by atoms with Crippen LogP contribution in [0.2, 0.25) is 0 Å². The van der Waals surface area contributed by atoms with E-state index in [4.69, 9.17) is 4.74 Å². The minimum Gasteiger partial charge on any atom is -0.462 e. The molecule has 92 valence electrons. The van der Waals surface area contributed by atoms with Gasteiger partial charge in [-0.1, -0.05) is 6.92 Å². The number of ether oxygens (including phenoxy) is 1. The molecule has 0 N–H and O–H groups in total. The first-order valence-corrected chi connectivity index (χ1v) is 6.67. The van der Waals surface area contributed by atoms with Crippen LogP contribution in [0.3, 0.4) is 0 Å². The number of hydrogen-bond acceptors (Lipinski definition) is 3. The lowest BCUT2D eigenvalue weighted by Crippen LogP contribution is -2.08. The van der Waals surface area contributed by atoms with Crippen molar-refractivity contribution >= 4 is 34.3 Å². The van der Waals surface area contributed by atoms with Crippen LogP contribution in [0, 0.1) is 3.57 Å². The predicted molar refractivity (Wildman–Crippen MR) is 74.4 cm³/mol.